The summed E-state index contributed by atoms with van der Waals surface area (Å²) in [6, 6.07) is 7.67. The van der Waals surface area contributed by atoms with Gasteiger partial charge in [0.05, 0.1) is 6.54 Å². The molecule has 1 aliphatic heterocycles. The minimum Gasteiger partial charge on any atom is -0.370 e. The van der Waals surface area contributed by atoms with E-state index < -0.39 is 0 Å². The van der Waals surface area contributed by atoms with Gasteiger partial charge in [-0.2, -0.15) is 5.26 Å². The molecule has 1 aliphatic rings. The summed E-state index contributed by atoms with van der Waals surface area (Å²) in [7, 11) is 0. The van der Waals surface area contributed by atoms with Gasteiger partial charge < -0.3 is 15.5 Å². The molecule has 0 aliphatic carbocycles. The summed E-state index contributed by atoms with van der Waals surface area (Å²) in [5, 5.41) is 8.83. The van der Waals surface area contributed by atoms with Crippen LogP contribution in [-0.4, -0.2) is 47.0 Å². The number of aromatic nitrogens is 2. The zero-order valence-corrected chi connectivity index (χ0v) is 13.4. The summed E-state index contributed by atoms with van der Waals surface area (Å²) in [5.74, 6) is 1.30. The molecule has 3 rings (SSSR count). The summed E-state index contributed by atoms with van der Waals surface area (Å²) in [4.78, 5) is 18.9. The Labute approximate surface area is 138 Å². The number of rotatable bonds is 3. The fourth-order valence-electron chi connectivity index (χ4n) is 2.37. The number of nitrogens with two attached hydrogens (primary N) is 1. The van der Waals surface area contributed by atoms with Crippen molar-refractivity contribution >= 4 is 23.2 Å². The Kier molecular flexibility index (Phi) is 4.68. The number of hydrogen-bond donors (Lipinski definition) is 1. The Hall–Kier alpha value is -2.66. The van der Waals surface area contributed by atoms with Crippen LogP contribution in [0.3, 0.4) is 0 Å². The molecule has 7 nitrogen and oxygen atoms in total. The van der Waals surface area contributed by atoms with Gasteiger partial charge in [0.25, 0.3) is 0 Å². The van der Waals surface area contributed by atoms with Crippen LogP contribution in [0.2, 0.25) is 0 Å². The maximum Gasteiger partial charge on any atom is 0.225 e. The van der Waals surface area contributed by atoms with Gasteiger partial charge in [-0.05, 0) is 18.2 Å². The first-order valence-electron chi connectivity index (χ1n) is 7.32. The number of nitrogens with zero attached hydrogens (tertiary/aromatic N) is 6. The van der Waals surface area contributed by atoms with Crippen LogP contribution in [0, 0.1) is 11.3 Å². The lowest BCUT2D eigenvalue weighted by atomic mass is 10.3. The molecule has 2 N–H and O–H groups in total. The first-order chi connectivity index (χ1) is 11.3. The monoisotopic (exact) mass is 327 g/mol. The van der Waals surface area contributed by atoms with Gasteiger partial charge in [0.2, 0.25) is 5.95 Å². The number of hydrogen-bond acceptors (Lipinski definition) is 6. The molecule has 0 spiro atoms. The lowest BCUT2D eigenvalue weighted by Crippen LogP contribution is -2.51. The third-order valence-electron chi connectivity index (χ3n) is 3.61. The maximum atomic E-state index is 8.83. The summed E-state index contributed by atoms with van der Waals surface area (Å²) in [6.45, 7) is 3.73. The minimum atomic E-state index is 0.514. The van der Waals surface area contributed by atoms with E-state index in [1.807, 2.05) is 18.2 Å². The van der Waals surface area contributed by atoms with Crippen LogP contribution in [-0.2, 0) is 6.54 Å². The number of anilines is 1. The fraction of sp³-hybridized carbons (Fsp3) is 0.333. The standard InChI is InChI=1S/C15H17N7S/c16-10-12-2-3-13(23-12)11-20-14(17)21-6-8-22(9-7-21)15-18-4-1-5-19-15/h1-5H,6-9,11H2,(H2,17,20). The van der Waals surface area contributed by atoms with Crippen LogP contribution in [0.1, 0.15) is 9.75 Å². The van der Waals surface area contributed by atoms with Gasteiger partial charge in [-0.15, -0.1) is 11.3 Å². The van der Waals surface area contributed by atoms with Crippen LogP contribution in [0.15, 0.2) is 35.6 Å². The molecule has 3 heterocycles. The first kappa shape index (κ1) is 15.2. The van der Waals surface area contributed by atoms with E-state index in [1.54, 1.807) is 12.4 Å². The summed E-state index contributed by atoms with van der Waals surface area (Å²) >= 11 is 1.45. The van der Waals surface area contributed by atoms with E-state index in [4.69, 9.17) is 11.0 Å². The minimum absolute atomic E-state index is 0.514. The predicted molar refractivity (Wildman–Crippen MR) is 90.2 cm³/mol. The Morgan fingerprint density at radius 1 is 1.26 bits per heavy atom. The van der Waals surface area contributed by atoms with Crippen LogP contribution >= 0.6 is 11.3 Å². The molecular weight excluding hydrogens is 310 g/mol. The molecule has 2 aromatic heterocycles. The molecule has 0 atom stereocenters. The van der Waals surface area contributed by atoms with Crippen molar-refractivity contribution in [3.8, 4) is 6.07 Å². The van der Waals surface area contributed by atoms with E-state index in [1.165, 1.54) is 11.3 Å². The van der Waals surface area contributed by atoms with Crippen molar-refractivity contribution in [3.05, 3.63) is 40.3 Å². The predicted octanol–water partition coefficient (Wildman–Crippen LogP) is 1.05. The van der Waals surface area contributed by atoms with E-state index >= 15 is 0 Å². The highest BCUT2D eigenvalue weighted by molar-refractivity contribution is 7.12. The van der Waals surface area contributed by atoms with Crippen molar-refractivity contribution in [3.63, 3.8) is 0 Å². The number of piperazine rings is 1. The maximum absolute atomic E-state index is 8.83. The number of guanidine groups is 1. The molecule has 0 amide bonds. The fourth-order valence-corrected chi connectivity index (χ4v) is 3.10. The lowest BCUT2D eigenvalue weighted by Gasteiger charge is -2.35. The summed E-state index contributed by atoms with van der Waals surface area (Å²) in [5.41, 5.74) is 6.09. The molecule has 23 heavy (non-hydrogen) atoms. The smallest absolute Gasteiger partial charge is 0.225 e. The molecule has 8 heteroatoms. The van der Waals surface area contributed by atoms with E-state index in [2.05, 4.69) is 30.8 Å². The number of aliphatic imine (C=N–C) groups is 1. The topological polar surface area (TPSA) is 94.4 Å². The highest BCUT2D eigenvalue weighted by Crippen LogP contribution is 2.16. The van der Waals surface area contributed by atoms with Gasteiger partial charge >= 0.3 is 0 Å². The molecule has 2 aromatic rings. The van der Waals surface area contributed by atoms with Gasteiger partial charge in [-0.25, -0.2) is 15.0 Å². The highest BCUT2D eigenvalue weighted by atomic mass is 32.1. The van der Waals surface area contributed by atoms with Crippen LogP contribution < -0.4 is 10.6 Å². The molecule has 0 radical (unpaired) electrons. The van der Waals surface area contributed by atoms with Crippen molar-refractivity contribution in [2.24, 2.45) is 10.7 Å². The van der Waals surface area contributed by atoms with E-state index in [0.717, 1.165) is 37.0 Å². The van der Waals surface area contributed by atoms with E-state index in [0.29, 0.717) is 17.4 Å². The Bertz CT molecular complexity index is 711. The summed E-state index contributed by atoms with van der Waals surface area (Å²) in [6.07, 6.45) is 3.50. The second-order valence-corrected chi connectivity index (χ2v) is 6.24. The van der Waals surface area contributed by atoms with Crippen molar-refractivity contribution in [1.82, 2.24) is 14.9 Å². The van der Waals surface area contributed by atoms with Gasteiger partial charge in [0.15, 0.2) is 5.96 Å². The van der Waals surface area contributed by atoms with Gasteiger partial charge in [0, 0.05) is 43.4 Å². The zero-order chi connectivity index (χ0) is 16.1. The second kappa shape index (κ2) is 7.07. The molecule has 118 valence electrons. The van der Waals surface area contributed by atoms with Crippen molar-refractivity contribution in [2.75, 3.05) is 31.1 Å². The average molecular weight is 327 g/mol. The van der Waals surface area contributed by atoms with Crippen molar-refractivity contribution in [2.45, 2.75) is 6.54 Å². The van der Waals surface area contributed by atoms with Gasteiger partial charge in [-0.3, -0.25) is 0 Å². The zero-order valence-electron chi connectivity index (χ0n) is 12.6. The number of thiophene rings is 1. The van der Waals surface area contributed by atoms with Crippen LogP contribution in [0.5, 0.6) is 0 Å². The third-order valence-corrected chi connectivity index (χ3v) is 4.58. The second-order valence-electron chi connectivity index (χ2n) is 5.08. The average Bonchev–Trinajstić information content (AvgIpc) is 3.09. The van der Waals surface area contributed by atoms with Crippen LogP contribution in [0.4, 0.5) is 5.95 Å². The number of nitriles is 1. The van der Waals surface area contributed by atoms with Crippen molar-refractivity contribution in [1.29, 1.82) is 5.26 Å². The van der Waals surface area contributed by atoms with Gasteiger partial charge in [-0.1, -0.05) is 0 Å². The Balaban J connectivity index is 1.54. The lowest BCUT2D eigenvalue weighted by molar-refractivity contribution is 0.378. The van der Waals surface area contributed by atoms with E-state index in [9.17, 15) is 0 Å². The quantitative estimate of drug-likeness (QED) is 0.669. The van der Waals surface area contributed by atoms with Crippen molar-refractivity contribution < 1.29 is 0 Å². The molecular formula is C15H17N7S. The first-order valence-corrected chi connectivity index (χ1v) is 8.13. The largest absolute Gasteiger partial charge is 0.370 e. The van der Waals surface area contributed by atoms with E-state index in [-0.39, 0.29) is 0 Å². The normalized spacial score (nSPS) is 15.5. The summed E-state index contributed by atoms with van der Waals surface area (Å²) < 4.78 is 0. The molecule has 0 bridgehead atoms. The third kappa shape index (κ3) is 3.76. The SMILES string of the molecule is N#Cc1ccc(CN=C(N)N2CCN(c3ncccn3)CC2)s1. The molecule has 0 unspecified atom stereocenters. The highest BCUT2D eigenvalue weighted by Gasteiger charge is 2.19. The molecule has 0 aromatic carbocycles. The van der Waals surface area contributed by atoms with Crippen LogP contribution in [0.25, 0.3) is 0 Å². The van der Waals surface area contributed by atoms with Gasteiger partial charge in [0.1, 0.15) is 10.9 Å². The Morgan fingerprint density at radius 3 is 2.65 bits per heavy atom. The molecule has 1 saturated heterocycles. The molecule has 1 fully saturated rings. The molecule has 0 saturated carbocycles. The Morgan fingerprint density at radius 2 is 2.00 bits per heavy atom.